The average molecular weight is 402 g/mol. The molecule has 0 amide bonds. The Morgan fingerprint density at radius 3 is 2.50 bits per heavy atom. The maximum Gasteiger partial charge on any atom is 0.293 e. The zero-order valence-electron chi connectivity index (χ0n) is 12.2. The van der Waals surface area contributed by atoms with Gasteiger partial charge in [-0.05, 0) is 40.2 Å². The third kappa shape index (κ3) is 2.20. The van der Waals surface area contributed by atoms with Gasteiger partial charge in [-0.3, -0.25) is 10.1 Å². The summed E-state index contributed by atoms with van der Waals surface area (Å²) in [5.41, 5.74) is 2.33. The number of hydrogen-bond acceptors (Lipinski definition) is 2. The minimum atomic E-state index is -0.361. The van der Waals surface area contributed by atoms with E-state index < -0.39 is 0 Å². The Labute approximate surface area is 150 Å². The van der Waals surface area contributed by atoms with Gasteiger partial charge in [0, 0.05) is 26.3 Å². The molecule has 0 unspecified atom stereocenters. The molecule has 0 bridgehead atoms. The number of nitrogens with zero attached hydrogens (tertiary/aromatic N) is 2. The van der Waals surface area contributed by atoms with Crippen LogP contribution in [0.4, 0.5) is 5.69 Å². The molecule has 118 valence electrons. The fourth-order valence-electron chi connectivity index (χ4n) is 3.07. The minimum absolute atomic E-state index is 0.0574. The molecule has 4 nitrogen and oxygen atoms in total. The first-order valence-corrected chi connectivity index (χ1v) is 8.37. The summed E-state index contributed by atoms with van der Waals surface area (Å²) in [4.78, 5) is 11.1. The lowest BCUT2D eigenvalue weighted by atomic mass is 10.1. The van der Waals surface area contributed by atoms with Gasteiger partial charge >= 0.3 is 0 Å². The highest BCUT2D eigenvalue weighted by molar-refractivity contribution is 9.10. The zero-order chi connectivity index (χ0) is 16.8. The molecule has 0 saturated carbocycles. The van der Waals surface area contributed by atoms with Gasteiger partial charge in [-0.2, -0.15) is 0 Å². The Morgan fingerprint density at radius 2 is 1.71 bits per heavy atom. The quantitative estimate of drug-likeness (QED) is 0.300. The van der Waals surface area contributed by atoms with E-state index in [1.807, 2.05) is 34.9 Å². The zero-order valence-corrected chi connectivity index (χ0v) is 14.6. The van der Waals surface area contributed by atoms with Gasteiger partial charge in [0.15, 0.2) is 0 Å². The van der Waals surface area contributed by atoms with Gasteiger partial charge in [-0.1, -0.05) is 41.9 Å². The molecule has 0 atom stereocenters. The van der Waals surface area contributed by atoms with E-state index >= 15 is 0 Å². The molecule has 4 rings (SSSR count). The number of aromatic nitrogens is 1. The smallest absolute Gasteiger partial charge is 0.293 e. The van der Waals surface area contributed by atoms with Crippen molar-refractivity contribution in [1.29, 1.82) is 0 Å². The van der Waals surface area contributed by atoms with Crippen molar-refractivity contribution in [3.05, 3.63) is 80.3 Å². The lowest BCUT2D eigenvalue weighted by Crippen LogP contribution is -2.00. The van der Waals surface area contributed by atoms with Crippen molar-refractivity contribution in [2.75, 3.05) is 0 Å². The van der Waals surface area contributed by atoms with Crippen LogP contribution < -0.4 is 0 Å². The molecule has 0 aliphatic heterocycles. The molecule has 24 heavy (non-hydrogen) atoms. The SMILES string of the molecule is O=[N+]([O-])c1ccccc1-n1c2ccccc2c2cc(Cl)cc(Br)c21. The molecule has 0 aliphatic carbocycles. The third-order valence-corrected chi connectivity index (χ3v) is 4.83. The number of fused-ring (bicyclic) bond motifs is 3. The van der Waals surface area contributed by atoms with Crippen molar-refractivity contribution in [1.82, 2.24) is 4.57 Å². The van der Waals surface area contributed by atoms with E-state index in [4.69, 9.17) is 11.6 Å². The molecule has 1 heterocycles. The van der Waals surface area contributed by atoms with Crippen LogP contribution in [0.5, 0.6) is 0 Å². The molecule has 0 fully saturated rings. The first-order valence-electron chi connectivity index (χ1n) is 7.20. The van der Waals surface area contributed by atoms with Crippen LogP contribution in [0.1, 0.15) is 0 Å². The first-order chi connectivity index (χ1) is 11.6. The monoisotopic (exact) mass is 400 g/mol. The summed E-state index contributed by atoms with van der Waals surface area (Å²) in [7, 11) is 0. The minimum Gasteiger partial charge on any atom is -0.302 e. The van der Waals surface area contributed by atoms with Crippen LogP contribution in [0.15, 0.2) is 65.1 Å². The van der Waals surface area contributed by atoms with Crippen LogP contribution in [0, 0.1) is 10.1 Å². The molecule has 3 aromatic carbocycles. The van der Waals surface area contributed by atoms with Crippen LogP contribution in [0.25, 0.3) is 27.5 Å². The summed E-state index contributed by atoms with van der Waals surface area (Å²) in [6.45, 7) is 0. The number of rotatable bonds is 2. The molecule has 0 aliphatic rings. The van der Waals surface area contributed by atoms with E-state index in [1.165, 1.54) is 6.07 Å². The van der Waals surface area contributed by atoms with E-state index in [9.17, 15) is 10.1 Å². The third-order valence-electron chi connectivity index (χ3n) is 4.01. The summed E-state index contributed by atoms with van der Waals surface area (Å²) in [6.07, 6.45) is 0. The molecular formula is C18H10BrClN2O2. The fourth-order valence-corrected chi connectivity index (χ4v) is 4.06. The normalized spacial score (nSPS) is 11.2. The van der Waals surface area contributed by atoms with Gasteiger partial charge in [-0.15, -0.1) is 0 Å². The van der Waals surface area contributed by atoms with Gasteiger partial charge in [0.05, 0.1) is 16.0 Å². The molecule has 4 aromatic rings. The van der Waals surface area contributed by atoms with Crippen molar-refractivity contribution in [3.8, 4) is 5.69 Å². The summed E-state index contributed by atoms with van der Waals surface area (Å²) < 4.78 is 2.70. The van der Waals surface area contributed by atoms with E-state index in [2.05, 4.69) is 15.9 Å². The Morgan fingerprint density at radius 1 is 1.00 bits per heavy atom. The summed E-state index contributed by atoms with van der Waals surface area (Å²) in [5, 5.41) is 14.0. The Kier molecular flexibility index (Phi) is 3.55. The highest BCUT2D eigenvalue weighted by Crippen LogP contribution is 2.39. The lowest BCUT2D eigenvalue weighted by molar-refractivity contribution is -0.384. The summed E-state index contributed by atoms with van der Waals surface area (Å²) in [6, 6.07) is 18.2. The number of nitro groups is 1. The number of hydrogen-bond donors (Lipinski definition) is 0. The molecule has 0 saturated heterocycles. The van der Waals surface area contributed by atoms with E-state index in [0.29, 0.717) is 10.7 Å². The number of nitro benzene ring substituents is 1. The van der Waals surface area contributed by atoms with Gasteiger partial charge in [0.25, 0.3) is 5.69 Å². The predicted octanol–water partition coefficient (Wildman–Crippen LogP) is 6.11. The highest BCUT2D eigenvalue weighted by atomic mass is 79.9. The van der Waals surface area contributed by atoms with E-state index in [1.54, 1.807) is 24.3 Å². The molecule has 0 radical (unpaired) electrons. The molecular weight excluding hydrogens is 392 g/mol. The molecule has 1 aromatic heterocycles. The van der Waals surface area contributed by atoms with Crippen molar-refractivity contribution < 1.29 is 4.92 Å². The van der Waals surface area contributed by atoms with Crippen LogP contribution in [0.3, 0.4) is 0 Å². The first kappa shape index (κ1) is 15.2. The maximum absolute atomic E-state index is 11.5. The number of para-hydroxylation sites is 3. The lowest BCUT2D eigenvalue weighted by Gasteiger charge is -2.09. The van der Waals surface area contributed by atoms with Crippen molar-refractivity contribution >= 4 is 55.0 Å². The Hall–Kier alpha value is -2.37. The largest absolute Gasteiger partial charge is 0.302 e. The highest BCUT2D eigenvalue weighted by Gasteiger charge is 2.21. The van der Waals surface area contributed by atoms with E-state index in [-0.39, 0.29) is 10.6 Å². The molecule has 0 N–H and O–H groups in total. The van der Waals surface area contributed by atoms with Crippen molar-refractivity contribution in [2.24, 2.45) is 0 Å². The second-order valence-corrected chi connectivity index (χ2v) is 6.67. The van der Waals surface area contributed by atoms with Crippen LogP contribution in [-0.4, -0.2) is 9.49 Å². The van der Waals surface area contributed by atoms with Gasteiger partial charge in [0.1, 0.15) is 5.69 Å². The standard InChI is InChI=1S/C18H10BrClN2O2/c19-14-10-11(20)9-13-12-5-1-2-6-15(12)21(18(13)14)16-7-3-4-8-17(16)22(23)24/h1-10H. The molecule has 0 spiro atoms. The number of benzene rings is 3. The maximum atomic E-state index is 11.5. The predicted molar refractivity (Wildman–Crippen MR) is 100 cm³/mol. The van der Waals surface area contributed by atoms with Crippen molar-refractivity contribution in [2.45, 2.75) is 0 Å². The van der Waals surface area contributed by atoms with Crippen LogP contribution in [0.2, 0.25) is 5.02 Å². The number of halogens is 2. The fraction of sp³-hybridized carbons (Fsp3) is 0. The second-order valence-electron chi connectivity index (χ2n) is 5.38. The van der Waals surface area contributed by atoms with Crippen molar-refractivity contribution in [3.63, 3.8) is 0 Å². The van der Waals surface area contributed by atoms with Crippen LogP contribution >= 0.6 is 27.5 Å². The van der Waals surface area contributed by atoms with E-state index in [0.717, 1.165) is 26.3 Å². The topological polar surface area (TPSA) is 48.1 Å². The van der Waals surface area contributed by atoms with Gasteiger partial charge < -0.3 is 4.57 Å². The summed E-state index contributed by atoms with van der Waals surface area (Å²) >= 11 is 9.77. The van der Waals surface area contributed by atoms with Gasteiger partial charge in [-0.25, -0.2) is 0 Å². The Balaban J connectivity index is 2.25. The Bertz CT molecular complexity index is 1120. The summed E-state index contributed by atoms with van der Waals surface area (Å²) in [5.74, 6) is 0. The van der Waals surface area contributed by atoms with Crippen LogP contribution in [-0.2, 0) is 0 Å². The second kappa shape index (κ2) is 5.61. The molecule has 6 heteroatoms. The van der Waals surface area contributed by atoms with Gasteiger partial charge in [0.2, 0.25) is 0 Å². The average Bonchev–Trinajstić information content (AvgIpc) is 2.89.